The summed E-state index contributed by atoms with van der Waals surface area (Å²) in [5.74, 6) is -0.595. The van der Waals surface area contributed by atoms with Gasteiger partial charge in [0.15, 0.2) is 6.23 Å². The van der Waals surface area contributed by atoms with Gasteiger partial charge in [0.2, 0.25) is 4.58 Å². The molecular weight excluding hydrogens is 568 g/mol. The van der Waals surface area contributed by atoms with E-state index >= 15 is 4.39 Å². The summed E-state index contributed by atoms with van der Waals surface area (Å²) < 4.78 is 48.6. The van der Waals surface area contributed by atoms with Crippen molar-refractivity contribution in [3.05, 3.63) is 63.4 Å². The number of carbonyl (C=O) groups excluding carboxylic acids is 1. The molecule has 0 saturated carbocycles. The number of alkyl halides is 2. The van der Waals surface area contributed by atoms with Gasteiger partial charge >= 0.3 is 19.4 Å². The lowest BCUT2D eigenvalue weighted by Crippen LogP contribution is -2.47. The standard InChI is InChI=1S/C21H26BrFN3O9P/c1-4-32-18(29)20(2,3)25-36(31,35-13-8-6-5-7-9-13)33-12-14-16(28)21(22,23)17(34-14)26-11-10-15(27)24-19(26)30/h5-11,14,16-17,28H,4,12H2,1-3H3,(H,25,31)(H,24,27,30)/t14?,16-,17?,21-,36+/m1/s1. The van der Waals surface area contributed by atoms with Crippen molar-refractivity contribution in [3.8, 4) is 5.75 Å². The fourth-order valence-electron chi connectivity index (χ4n) is 3.29. The molecule has 1 aliphatic heterocycles. The molecule has 2 aromatic rings. The van der Waals surface area contributed by atoms with Crippen LogP contribution in [0.2, 0.25) is 0 Å². The van der Waals surface area contributed by atoms with Gasteiger partial charge in [-0.2, -0.15) is 5.09 Å². The van der Waals surface area contributed by atoms with E-state index in [1.165, 1.54) is 26.0 Å². The monoisotopic (exact) mass is 593 g/mol. The van der Waals surface area contributed by atoms with Crippen LogP contribution in [0, 0.1) is 0 Å². The van der Waals surface area contributed by atoms with Crippen molar-refractivity contribution in [3.63, 3.8) is 0 Å². The Hall–Kier alpha value is -2.35. The van der Waals surface area contributed by atoms with E-state index < -0.39 is 60.1 Å². The first-order chi connectivity index (χ1) is 16.8. The largest absolute Gasteiger partial charge is 0.465 e. The summed E-state index contributed by atoms with van der Waals surface area (Å²) in [4.78, 5) is 37.8. The molecule has 1 aromatic heterocycles. The second-order valence-electron chi connectivity index (χ2n) is 8.32. The highest BCUT2D eigenvalue weighted by Crippen LogP contribution is 2.50. The third-order valence-electron chi connectivity index (χ3n) is 5.06. The molecule has 1 aliphatic rings. The van der Waals surface area contributed by atoms with E-state index in [2.05, 4.69) is 21.0 Å². The molecule has 12 nitrogen and oxygen atoms in total. The van der Waals surface area contributed by atoms with Gasteiger partial charge in [-0.1, -0.05) is 18.2 Å². The summed E-state index contributed by atoms with van der Waals surface area (Å²) in [6.07, 6.45) is -4.05. The van der Waals surface area contributed by atoms with Gasteiger partial charge in [-0.25, -0.2) is 13.8 Å². The minimum Gasteiger partial charge on any atom is -0.465 e. The Morgan fingerprint density at radius 2 is 2.00 bits per heavy atom. The molecule has 15 heteroatoms. The lowest BCUT2D eigenvalue weighted by Gasteiger charge is -2.29. The molecule has 0 aliphatic carbocycles. The number of nitrogens with zero attached hydrogens (tertiary/aromatic N) is 1. The molecule has 3 rings (SSSR count). The van der Waals surface area contributed by atoms with Crippen LogP contribution in [0.15, 0.2) is 52.2 Å². The number of rotatable bonds is 10. The van der Waals surface area contributed by atoms with Crippen LogP contribution in [0.1, 0.15) is 27.0 Å². The zero-order chi connectivity index (χ0) is 26.7. The Bertz CT molecular complexity index is 1240. The van der Waals surface area contributed by atoms with E-state index in [0.29, 0.717) is 0 Å². The Morgan fingerprint density at radius 3 is 2.61 bits per heavy atom. The van der Waals surface area contributed by atoms with Gasteiger partial charge < -0.3 is 19.1 Å². The van der Waals surface area contributed by atoms with Crippen LogP contribution >= 0.6 is 23.7 Å². The van der Waals surface area contributed by atoms with Gasteiger partial charge in [0.05, 0.1) is 13.2 Å². The number of halogens is 2. The maximum Gasteiger partial charge on any atom is 0.459 e. The number of H-pyrrole nitrogens is 1. The number of para-hydroxylation sites is 1. The fourth-order valence-corrected chi connectivity index (χ4v) is 5.60. The highest BCUT2D eigenvalue weighted by molar-refractivity contribution is 9.10. The molecule has 0 bridgehead atoms. The molecular formula is C21H26BrFN3O9P. The Morgan fingerprint density at radius 1 is 1.33 bits per heavy atom. The molecule has 1 fully saturated rings. The normalized spacial score (nSPS) is 25.8. The number of aliphatic hydroxyl groups is 1. The number of ether oxygens (including phenoxy) is 2. The van der Waals surface area contributed by atoms with Crippen LogP contribution in [0.25, 0.3) is 0 Å². The quantitative estimate of drug-likeness (QED) is 0.211. The van der Waals surface area contributed by atoms with Gasteiger partial charge in [-0.15, -0.1) is 0 Å². The number of aromatic amines is 1. The van der Waals surface area contributed by atoms with E-state index in [-0.39, 0.29) is 12.4 Å². The highest BCUT2D eigenvalue weighted by atomic mass is 79.9. The number of carbonyl (C=O) groups is 1. The number of aliphatic hydroxyl groups excluding tert-OH is 1. The van der Waals surface area contributed by atoms with Crippen molar-refractivity contribution < 1.29 is 37.4 Å². The summed E-state index contributed by atoms with van der Waals surface area (Å²) in [7, 11) is -4.36. The van der Waals surface area contributed by atoms with Gasteiger partial charge in [-0.05, 0) is 48.8 Å². The number of hydrogen-bond donors (Lipinski definition) is 3. The summed E-state index contributed by atoms with van der Waals surface area (Å²) >= 11 is 2.74. The predicted molar refractivity (Wildman–Crippen MR) is 128 cm³/mol. The predicted octanol–water partition coefficient (Wildman–Crippen LogP) is 1.99. The third kappa shape index (κ3) is 6.31. The molecule has 0 spiro atoms. The SMILES string of the molecule is CCOC(=O)C(C)(C)N[P@](=O)(OCC1OC(n2ccc(=O)[nH]c2=O)[C@@](F)(Br)[C@@H]1O)Oc1ccccc1. The summed E-state index contributed by atoms with van der Waals surface area (Å²) in [5.41, 5.74) is -3.21. The lowest BCUT2D eigenvalue weighted by molar-refractivity contribution is -0.149. The van der Waals surface area contributed by atoms with Gasteiger partial charge in [0.25, 0.3) is 5.56 Å². The maximum absolute atomic E-state index is 15.4. The van der Waals surface area contributed by atoms with Crippen LogP contribution in [-0.2, 0) is 23.4 Å². The summed E-state index contributed by atoms with van der Waals surface area (Å²) in [6, 6.07) is 8.92. The fraction of sp³-hybridized carbons (Fsp3) is 0.476. The molecule has 2 heterocycles. The second-order valence-corrected chi connectivity index (χ2v) is 11.2. The first-order valence-electron chi connectivity index (χ1n) is 10.8. The van der Waals surface area contributed by atoms with Gasteiger partial charge in [0, 0.05) is 12.3 Å². The first kappa shape index (κ1) is 28.2. The Balaban J connectivity index is 1.84. The van der Waals surface area contributed by atoms with Crippen molar-refractivity contribution >= 4 is 29.6 Å². The molecule has 0 amide bonds. The first-order valence-corrected chi connectivity index (χ1v) is 13.1. The third-order valence-corrected chi connectivity index (χ3v) is 7.70. The van der Waals surface area contributed by atoms with Gasteiger partial charge in [-0.3, -0.25) is 23.7 Å². The second kappa shape index (κ2) is 11.0. The van der Waals surface area contributed by atoms with Crippen molar-refractivity contribution in [1.29, 1.82) is 0 Å². The molecule has 3 N–H and O–H groups in total. The topological polar surface area (TPSA) is 158 Å². The average Bonchev–Trinajstić information content (AvgIpc) is 3.01. The zero-order valence-corrected chi connectivity index (χ0v) is 22.0. The van der Waals surface area contributed by atoms with E-state index in [1.807, 2.05) is 4.98 Å². The van der Waals surface area contributed by atoms with Crippen molar-refractivity contribution in [1.82, 2.24) is 14.6 Å². The molecule has 36 heavy (non-hydrogen) atoms. The number of nitrogens with one attached hydrogen (secondary N) is 2. The number of aromatic nitrogens is 2. The van der Waals surface area contributed by atoms with E-state index in [0.717, 1.165) is 16.8 Å². The molecule has 1 saturated heterocycles. The van der Waals surface area contributed by atoms with Crippen LogP contribution in [-0.4, -0.2) is 56.2 Å². The van der Waals surface area contributed by atoms with Crippen LogP contribution in [0.5, 0.6) is 5.75 Å². The van der Waals surface area contributed by atoms with Crippen LogP contribution < -0.4 is 20.9 Å². The Labute approximate surface area is 213 Å². The smallest absolute Gasteiger partial charge is 0.459 e. The minimum absolute atomic E-state index is 0.0755. The van der Waals surface area contributed by atoms with E-state index in [4.69, 9.17) is 18.5 Å². The number of esters is 1. The van der Waals surface area contributed by atoms with Crippen LogP contribution in [0.4, 0.5) is 4.39 Å². The highest BCUT2D eigenvalue weighted by Gasteiger charge is 2.57. The average molecular weight is 594 g/mol. The maximum atomic E-state index is 15.4. The molecule has 5 atom stereocenters. The minimum atomic E-state index is -4.36. The molecule has 198 valence electrons. The summed E-state index contributed by atoms with van der Waals surface area (Å²) in [5, 5.41) is 13.1. The van der Waals surface area contributed by atoms with Crippen molar-refractivity contribution in [2.75, 3.05) is 13.2 Å². The van der Waals surface area contributed by atoms with Crippen molar-refractivity contribution in [2.45, 2.75) is 49.3 Å². The number of hydrogen-bond acceptors (Lipinski definition) is 9. The van der Waals surface area contributed by atoms with E-state index in [9.17, 15) is 24.1 Å². The Kier molecular flexibility index (Phi) is 8.59. The lowest BCUT2D eigenvalue weighted by atomic mass is 10.1. The van der Waals surface area contributed by atoms with E-state index in [1.54, 1.807) is 25.1 Å². The molecule has 1 aromatic carbocycles. The van der Waals surface area contributed by atoms with Crippen LogP contribution in [0.3, 0.4) is 0 Å². The molecule has 2 unspecified atom stereocenters. The zero-order valence-electron chi connectivity index (χ0n) is 19.6. The van der Waals surface area contributed by atoms with Gasteiger partial charge in [0.1, 0.15) is 23.5 Å². The van der Waals surface area contributed by atoms with Crippen molar-refractivity contribution in [2.24, 2.45) is 0 Å². The summed E-state index contributed by atoms with van der Waals surface area (Å²) in [6.45, 7) is 3.81. The molecule has 0 radical (unpaired) electrons. The number of benzene rings is 1.